The number of non-ortho nitro benzene ring substituents is 1. The number of hydrogen-bond donors (Lipinski definition) is 2. The van der Waals surface area contributed by atoms with E-state index in [9.17, 15) is 30.4 Å². The van der Waals surface area contributed by atoms with Crippen LogP contribution >= 0.6 is 0 Å². The molecule has 0 spiro atoms. The zero-order chi connectivity index (χ0) is 40.8. The highest BCUT2D eigenvalue weighted by molar-refractivity contribution is 5.87. The van der Waals surface area contributed by atoms with Crippen molar-refractivity contribution in [2.45, 2.75) is 130 Å². The second-order valence-electron chi connectivity index (χ2n) is 18.4. The Balaban J connectivity index is 2.69. The van der Waals surface area contributed by atoms with Gasteiger partial charge in [0.15, 0.2) is 0 Å². The molecule has 0 aromatic heterocycles. The van der Waals surface area contributed by atoms with Gasteiger partial charge in [0.05, 0.1) is 36.2 Å². The lowest BCUT2D eigenvalue weighted by molar-refractivity contribution is -0.394. The molecular weight excluding hydrogens is 674 g/mol. The first-order valence-corrected chi connectivity index (χ1v) is 17.9. The fraction of sp³-hybridized carbons (Fsp3) is 0.548. The number of nitrogens with zero attached hydrogens (tertiary/aromatic N) is 3. The van der Waals surface area contributed by atoms with E-state index in [1.807, 2.05) is 38.1 Å². The zero-order valence-electron chi connectivity index (χ0n) is 34.4. The number of aliphatic hydroxyl groups is 1. The number of methoxy groups -OCH3 is 2. The minimum atomic E-state index is -1.87. The Morgan fingerprint density at radius 2 is 1.02 bits per heavy atom. The largest absolute Gasteiger partial charge is 0.502 e. The van der Waals surface area contributed by atoms with Crippen molar-refractivity contribution in [3.05, 3.63) is 95.6 Å². The highest BCUT2D eigenvalue weighted by Crippen LogP contribution is 2.49. The zero-order valence-corrected chi connectivity index (χ0v) is 34.4. The molecule has 2 N–H and O–H groups in total. The number of phenols is 1. The molecule has 0 fully saturated rings. The van der Waals surface area contributed by atoms with Crippen LogP contribution in [-0.2, 0) is 27.3 Å². The highest BCUT2D eigenvalue weighted by atomic mass is 16.6. The molecule has 3 rings (SSSR count). The molecule has 0 amide bonds. The van der Waals surface area contributed by atoms with Gasteiger partial charge in [-0.25, -0.2) is 0 Å². The Hall–Kier alpha value is -4.51. The molecule has 0 heterocycles. The van der Waals surface area contributed by atoms with Crippen LogP contribution in [0, 0.1) is 26.1 Å². The van der Waals surface area contributed by atoms with E-state index < -0.39 is 60.3 Å². The number of aromatic hydroxyl groups is 1. The van der Waals surface area contributed by atoms with Crippen LogP contribution in [0.3, 0.4) is 0 Å². The average molecular weight is 734 g/mol. The first-order valence-electron chi connectivity index (χ1n) is 17.9. The predicted molar refractivity (Wildman–Crippen MR) is 211 cm³/mol. The standard InChI is InChI=1S/C42H59N3O8/c1-24(2)37(43-23-25-17-28(44(48)49)22-33(34(25)46)45(50)51)42(47,26-18-29(38(3,4)5)35(52-15)30(19-26)39(6,7)8)27-20-31(40(9,10)11)36(53-16)32(21-27)41(12,13)14/h17-24,37,46-47H,1-16H3. The maximum absolute atomic E-state index is 13.8. The molecule has 0 saturated carbocycles. The normalized spacial score (nSPS) is 13.8. The third kappa shape index (κ3) is 8.67. The number of nitro groups is 2. The van der Waals surface area contributed by atoms with Crippen molar-refractivity contribution in [3.8, 4) is 17.2 Å². The molecule has 11 nitrogen and oxygen atoms in total. The van der Waals surface area contributed by atoms with E-state index in [4.69, 9.17) is 14.5 Å². The smallest absolute Gasteiger partial charge is 0.318 e. The van der Waals surface area contributed by atoms with Crippen molar-refractivity contribution >= 4 is 17.6 Å². The Labute approximate surface area is 314 Å². The van der Waals surface area contributed by atoms with Gasteiger partial charge >= 0.3 is 5.69 Å². The van der Waals surface area contributed by atoms with Crippen molar-refractivity contribution in [3.63, 3.8) is 0 Å². The molecule has 0 radical (unpaired) electrons. The third-order valence-electron chi connectivity index (χ3n) is 9.64. The second kappa shape index (κ2) is 14.7. The summed E-state index contributed by atoms with van der Waals surface area (Å²) in [5, 5.41) is 48.3. The van der Waals surface area contributed by atoms with E-state index in [1.54, 1.807) is 14.2 Å². The molecule has 290 valence electrons. The van der Waals surface area contributed by atoms with Crippen LogP contribution in [-0.4, -0.2) is 46.5 Å². The summed E-state index contributed by atoms with van der Waals surface area (Å²) in [6, 6.07) is 8.62. The molecule has 0 aliphatic carbocycles. The molecular formula is C42H59N3O8. The first kappa shape index (κ1) is 42.9. The Kier molecular flexibility index (Phi) is 11.9. The van der Waals surface area contributed by atoms with Crippen LogP contribution in [0.1, 0.15) is 136 Å². The predicted octanol–water partition coefficient (Wildman–Crippen LogP) is 9.80. The summed E-state index contributed by atoms with van der Waals surface area (Å²) in [6.45, 7) is 28.8. The molecule has 0 aliphatic rings. The van der Waals surface area contributed by atoms with E-state index in [0.29, 0.717) is 17.2 Å². The highest BCUT2D eigenvalue weighted by Gasteiger charge is 2.46. The Morgan fingerprint density at radius 1 is 0.660 bits per heavy atom. The summed E-state index contributed by atoms with van der Waals surface area (Å²) in [5.74, 6) is 0.299. The maximum atomic E-state index is 13.8. The minimum Gasteiger partial charge on any atom is -0.502 e. The first-order chi connectivity index (χ1) is 24.0. The molecule has 0 bridgehead atoms. The quantitative estimate of drug-likeness (QED) is 0.118. The van der Waals surface area contributed by atoms with Crippen molar-refractivity contribution < 1.29 is 29.5 Å². The molecule has 1 atom stereocenters. The van der Waals surface area contributed by atoms with Gasteiger partial charge in [0.2, 0.25) is 5.75 Å². The number of hydrogen-bond acceptors (Lipinski definition) is 9. The van der Waals surface area contributed by atoms with Crippen LogP contribution < -0.4 is 9.47 Å². The monoisotopic (exact) mass is 733 g/mol. The summed E-state index contributed by atoms with van der Waals surface area (Å²) in [7, 11) is 3.29. The van der Waals surface area contributed by atoms with Crippen LogP contribution in [0.5, 0.6) is 17.2 Å². The van der Waals surface area contributed by atoms with Gasteiger partial charge in [0.1, 0.15) is 17.1 Å². The lowest BCUT2D eigenvalue weighted by Crippen LogP contribution is -2.44. The lowest BCUT2D eigenvalue weighted by atomic mass is 9.69. The summed E-state index contributed by atoms with van der Waals surface area (Å²) in [4.78, 5) is 26.8. The number of rotatable bonds is 10. The molecule has 0 aliphatic heterocycles. The molecule has 0 saturated heterocycles. The molecule has 53 heavy (non-hydrogen) atoms. The van der Waals surface area contributed by atoms with E-state index in [2.05, 4.69) is 83.1 Å². The number of benzene rings is 3. The SMILES string of the molecule is COc1c(C(C)(C)C)cc(C(O)(c2cc(C(C)(C)C)c(OC)c(C(C)(C)C)c2)C(N=Cc2cc([N+](=O)[O-])cc([N+](=O)[O-])c2O)C(C)C)cc1C(C)(C)C. The van der Waals surface area contributed by atoms with Gasteiger partial charge in [-0.1, -0.05) is 96.9 Å². The van der Waals surface area contributed by atoms with Gasteiger partial charge in [-0.3, -0.25) is 25.2 Å². The van der Waals surface area contributed by atoms with Gasteiger partial charge in [-0.15, -0.1) is 0 Å². The molecule has 11 heteroatoms. The number of aliphatic imine (C=N–C) groups is 1. The van der Waals surface area contributed by atoms with Crippen LogP contribution in [0.15, 0.2) is 41.4 Å². The maximum Gasteiger partial charge on any atom is 0.318 e. The van der Waals surface area contributed by atoms with Crippen molar-refractivity contribution in [2.24, 2.45) is 10.9 Å². The Bertz CT molecular complexity index is 1750. The van der Waals surface area contributed by atoms with Crippen molar-refractivity contribution in [1.29, 1.82) is 0 Å². The van der Waals surface area contributed by atoms with Gasteiger partial charge in [-0.05, 0) is 63.0 Å². The van der Waals surface area contributed by atoms with Gasteiger partial charge < -0.3 is 19.7 Å². The second-order valence-corrected chi connectivity index (χ2v) is 18.4. The van der Waals surface area contributed by atoms with Gasteiger partial charge in [-0.2, -0.15) is 0 Å². The van der Waals surface area contributed by atoms with E-state index in [1.165, 1.54) is 6.21 Å². The van der Waals surface area contributed by atoms with E-state index in [0.717, 1.165) is 39.8 Å². The lowest BCUT2D eigenvalue weighted by Gasteiger charge is -2.41. The summed E-state index contributed by atoms with van der Waals surface area (Å²) in [5.41, 5.74) is -0.571. The summed E-state index contributed by atoms with van der Waals surface area (Å²) in [6.07, 6.45) is 1.18. The van der Waals surface area contributed by atoms with Gasteiger partial charge in [0.25, 0.3) is 5.69 Å². The molecule has 3 aromatic carbocycles. The molecule has 1 unspecified atom stereocenters. The summed E-state index contributed by atoms with van der Waals surface area (Å²) < 4.78 is 12.2. The number of ether oxygens (including phenoxy) is 2. The third-order valence-corrected chi connectivity index (χ3v) is 9.64. The minimum absolute atomic E-state index is 0.222. The van der Waals surface area contributed by atoms with Gasteiger partial charge in [0, 0.05) is 40.1 Å². The summed E-state index contributed by atoms with van der Waals surface area (Å²) >= 11 is 0. The fourth-order valence-electron chi connectivity index (χ4n) is 6.77. The van der Waals surface area contributed by atoms with Crippen LogP contribution in [0.2, 0.25) is 0 Å². The number of nitro benzene ring substituents is 2. The fourth-order valence-corrected chi connectivity index (χ4v) is 6.77. The van der Waals surface area contributed by atoms with Crippen LogP contribution in [0.25, 0.3) is 0 Å². The molecule has 3 aromatic rings. The topological polar surface area (TPSA) is 158 Å². The Morgan fingerprint density at radius 3 is 1.28 bits per heavy atom. The van der Waals surface area contributed by atoms with E-state index >= 15 is 0 Å². The number of phenolic OH excluding ortho intramolecular Hbond substituents is 1. The van der Waals surface area contributed by atoms with Crippen LogP contribution in [0.4, 0.5) is 11.4 Å². The van der Waals surface area contributed by atoms with E-state index in [-0.39, 0.29) is 11.5 Å². The van der Waals surface area contributed by atoms with Crippen molar-refractivity contribution in [2.75, 3.05) is 14.2 Å². The average Bonchev–Trinajstić information content (AvgIpc) is 3.01. The van der Waals surface area contributed by atoms with Crippen molar-refractivity contribution in [1.82, 2.24) is 0 Å².